The number of carbonyl (C=O) groups excluding carboxylic acids is 1. The summed E-state index contributed by atoms with van der Waals surface area (Å²) < 4.78 is 27.2. The second-order valence-electron chi connectivity index (χ2n) is 8.70. The highest BCUT2D eigenvalue weighted by molar-refractivity contribution is 7.89. The highest BCUT2D eigenvalue weighted by Gasteiger charge is 2.37. The lowest BCUT2D eigenvalue weighted by Gasteiger charge is -2.33. The summed E-state index contributed by atoms with van der Waals surface area (Å²) in [5.41, 5.74) is 1.33. The van der Waals surface area contributed by atoms with Gasteiger partial charge >= 0.3 is 0 Å². The summed E-state index contributed by atoms with van der Waals surface area (Å²) in [6.07, 6.45) is 5.63. The molecule has 1 N–H and O–H groups in total. The average Bonchev–Trinajstić information content (AvgIpc) is 3.29. The first-order chi connectivity index (χ1) is 14.9. The normalized spacial score (nSPS) is 19.9. The zero-order valence-electron chi connectivity index (χ0n) is 17.6. The number of sulfonamides is 1. The van der Waals surface area contributed by atoms with Crippen LogP contribution >= 0.6 is 11.6 Å². The van der Waals surface area contributed by atoms with Gasteiger partial charge in [-0.1, -0.05) is 54.8 Å². The number of hydrogen-bond donors (Lipinski definition) is 1. The molecule has 2 fully saturated rings. The Labute approximate surface area is 189 Å². The van der Waals surface area contributed by atoms with Crippen LogP contribution in [0.3, 0.4) is 0 Å². The Kier molecular flexibility index (Phi) is 6.70. The van der Waals surface area contributed by atoms with Gasteiger partial charge in [-0.15, -0.1) is 0 Å². The number of halogens is 1. The zero-order chi connectivity index (χ0) is 21.9. The van der Waals surface area contributed by atoms with E-state index in [-0.39, 0.29) is 22.1 Å². The van der Waals surface area contributed by atoms with Crippen molar-refractivity contribution in [1.29, 1.82) is 0 Å². The lowest BCUT2D eigenvalue weighted by molar-refractivity contribution is -0.126. The van der Waals surface area contributed by atoms with Crippen LogP contribution in [0.15, 0.2) is 59.5 Å². The highest BCUT2D eigenvalue weighted by Crippen LogP contribution is 2.40. The molecule has 2 aliphatic rings. The minimum atomic E-state index is -3.56. The van der Waals surface area contributed by atoms with E-state index in [0.29, 0.717) is 37.5 Å². The summed E-state index contributed by atoms with van der Waals surface area (Å²) in [5.74, 6) is -0.100. The van der Waals surface area contributed by atoms with Crippen molar-refractivity contribution in [1.82, 2.24) is 9.62 Å². The van der Waals surface area contributed by atoms with Crippen molar-refractivity contribution in [2.24, 2.45) is 5.92 Å². The minimum absolute atomic E-state index is 0.0234. The molecule has 166 valence electrons. The molecule has 7 heteroatoms. The number of benzene rings is 2. The van der Waals surface area contributed by atoms with E-state index in [2.05, 4.69) is 29.6 Å². The number of carbonyl (C=O) groups is 1. The molecular formula is C24H29ClN2O3S. The van der Waals surface area contributed by atoms with Crippen LogP contribution in [-0.4, -0.2) is 38.3 Å². The summed E-state index contributed by atoms with van der Waals surface area (Å²) in [4.78, 5) is 13.1. The molecular weight excluding hydrogens is 432 g/mol. The SMILES string of the molecule is O=C(NCC1(c2ccccc2)CCCC1)C1CCN(S(=O)(=O)c2ccc(Cl)cc2)CC1. The number of amides is 1. The maximum atomic E-state index is 12.9. The van der Waals surface area contributed by atoms with Crippen LogP contribution in [0.5, 0.6) is 0 Å². The van der Waals surface area contributed by atoms with Gasteiger partial charge in [0.1, 0.15) is 0 Å². The van der Waals surface area contributed by atoms with Crippen molar-refractivity contribution < 1.29 is 13.2 Å². The first-order valence-corrected chi connectivity index (χ1v) is 12.8. The van der Waals surface area contributed by atoms with Gasteiger partial charge in [0.05, 0.1) is 4.90 Å². The number of nitrogens with one attached hydrogen (secondary N) is 1. The molecule has 1 aliphatic heterocycles. The molecule has 4 rings (SSSR count). The van der Waals surface area contributed by atoms with Crippen molar-refractivity contribution in [2.75, 3.05) is 19.6 Å². The van der Waals surface area contributed by atoms with Gasteiger partial charge in [0.25, 0.3) is 0 Å². The van der Waals surface area contributed by atoms with E-state index in [9.17, 15) is 13.2 Å². The van der Waals surface area contributed by atoms with Gasteiger partial charge in [-0.05, 0) is 55.5 Å². The van der Waals surface area contributed by atoms with Gasteiger partial charge < -0.3 is 5.32 Å². The standard InChI is InChI=1S/C24H29ClN2O3S/c25-21-8-10-22(11-9-21)31(29,30)27-16-12-19(13-17-27)23(28)26-18-24(14-4-5-15-24)20-6-2-1-3-7-20/h1-3,6-11,19H,4-5,12-18H2,(H,26,28). The van der Waals surface area contributed by atoms with Crippen LogP contribution < -0.4 is 5.32 Å². The van der Waals surface area contributed by atoms with Crippen molar-refractivity contribution in [2.45, 2.75) is 48.8 Å². The Morgan fingerprint density at radius 1 is 1.00 bits per heavy atom. The van der Waals surface area contributed by atoms with Crippen molar-refractivity contribution in [3.8, 4) is 0 Å². The molecule has 0 bridgehead atoms. The number of hydrogen-bond acceptors (Lipinski definition) is 3. The quantitative estimate of drug-likeness (QED) is 0.696. The van der Waals surface area contributed by atoms with E-state index in [1.807, 2.05) is 6.07 Å². The first kappa shape index (κ1) is 22.3. The Hall–Kier alpha value is -1.89. The third-order valence-electron chi connectivity index (χ3n) is 6.82. The minimum Gasteiger partial charge on any atom is -0.355 e. The van der Waals surface area contributed by atoms with Crippen LogP contribution in [0.1, 0.15) is 44.1 Å². The van der Waals surface area contributed by atoms with Gasteiger partial charge in [-0.3, -0.25) is 4.79 Å². The molecule has 0 atom stereocenters. The third-order valence-corrected chi connectivity index (χ3v) is 8.99. The molecule has 1 saturated carbocycles. The van der Waals surface area contributed by atoms with Gasteiger partial charge in [0.2, 0.25) is 15.9 Å². The molecule has 0 aromatic heterocycles. The Bertz CT molecular complexity index is 995. The molecule has 0 radical (unpaired) electrons. The van der Waals surface area contributed by atoms with Crippen LogP contribution in [0.25, 0.3) is 0 Å². The highest BCUT2D eigenvalue weighted by atomic mass is 35.5. The van der Waals surface area contributed by atoms with E-state index in [1.165, 1.54) is 34.8 Å². The summed E-state index contributed by atoms with van der Waals surface area (Å²) >= 11 is 5.87. The van der Waals surface area contributed by atoms with Gasteiger partial charge in [-0.2, -0.15) is 4.31 Å². The molecule has 5 nitrogen and oxygen atoms in total. The topological polar surface area (TPSA) is 66.5 Å². The summed E-state index contributed by atoms with van der Waals surface area (Å²) in [6.45, 7) is 1.36. The lowest BCUT2D eigenvalue weighted by atomic mass is 9.78. The summed E-state index contributed by atoms with van der Waals surface area (Å²) in [6, 6.07) is 16.7. The lowest BCUT2D eigenvalue weighted by Crippen LogP contribution is -2.45. The molecule has 31 heavy (non-hydrogen) atoms. The Morgan fingerprint density at radius 3 is 2.23 bits per heavy atom. The Morgan fingerprint density at radius 2 is 1.61 bits per heavy atom. The molecule has 1 amide bonds. The monoisotopic (exact) mass is 460 g/mol. The van der Waals surface area contributed by atoms with Crippen molar-refractivity contribution in [3.05, 3.63) is 65.2 Å². The molecule has 2 aromatic carbocycles. The van der Waals surface area contributed by atoms with E-state index in [1.54, 1.807) is 12.1 Å². The largest absolute Gasteiger partial charge is 0.355 e. The molecule has 0 spiro atoms. The molecule has 1 aliphatic carbocycles. The van der Waals surface area contributed by atoms with Crippen LogP contribution in [-0.2, 0) is 20.2 Å². The van der Waals surface area contributed by atoms with Gasteiger partial charge in [0.15, 0.2) is 0 Å². The number of rotatable bonds is 6. The van der Waals surface area contributed by atoms with Gasteiger partial charge in [0, 0.05) is 36.0 Å². The van der Waals surface area contributed by atoms with E-state index >= 15 is 0 Å². The fourth-order valence-corrected chi connectivity index (χ4v) is 6.52. The fraction of sp³-hybridized carbons (Fsp3) is 0.458. The van der Waals surface area contributed by atoms with Crippen LogP contribution in [0, 0.1) is 5.92 Å². The molecule has 2 aromatic rings. The van der Waals surface area contributed by atoms with E-state index < -0.39 is 10.0 Å². The molecule has 1 heterocycles. The second-order valence-corrected chi connectivity index (χ2v) is 11.1. The predicted octanol–water partition coefficient (Wildman–Crippen LogP) is 4.37. The molecule has 0 unspecified atom stereocenters. The number of piperidine rings is 1. The van der Waals surface area contributed by atoms with E-state index in [4.69, 9.17) is 11.6 Å². The van der Waals surface area contributed by atoms with Crippen LogP contribution in [0.4, 0.5) is 0 Å². The summed E-state index contributed by atoms with van der Waals surface area (Å²) in [5, 5.41) is 3.71. The maximum absolute atomic E-state index is 12.9. The van der Waals surface area contributed by atoms with Crippen molar-refractivity contribution >= 4 is 27.5 Å². The predicted molar refractivity (Wildman–Crippen MR) is 123 cm³/mol. The maximum Gasteiger partial charge on any atom is 0.243 e. The van der Waals surface area contributed by atoms with Crippen molar-refractivity contribution in [3.63, 3.8) is 0 Å². The average molecular weight is 461 g/mol. The number of nitrogens with zero attached hydrogens (tertiary/aromatic N) is 1. The Balaban J connectivity index is 1.35. The zero-order valence-corrected chi connectivity index (χ0v) is 19.2. The van der Waals surface area contributed by atoms with Gasteiger partial charge in [-0.25, -0.2) is 8.42 Å². The second kappa shape index (κ2) is 9.31. The van der Waals surface area contributed by atoms with E-state index in [0.717, 1.165) is 12.8 Å². The summed E-state index contributed by atoms with van der Waals surface area (Å²) in [7, 11) is -3.56. The first-order valence-electron chi connectivity index (χ1n) is 11.0. The van der Waals surface area contributed by atoms with Crippen LogP contribution in [0.2, 0.25) is 5.02 Å². The molecule has 1 saturated heterocycles. The fourth-order valence-electron chi connectivity index (χ4n) is 4.93. The third kappa shape index (κ3) is 4.81. The smallest absolute Gasteiger partial charge is 0.243 e.